The molecule has 1 aromatic rings. The molecule has 1 atom stereocenters. The minimum Gasteiger partial charge on any atom is -0.338 e. The fourth-order valence-electron chi connectivity index (χ4n) is 2.51. The Hall–Kier alpha value is -0.830. The van der Waals surface area contributed by atoms with Gasteiger partial charge in [-0.2, -0.15) is 0 Å². The highest BCUT2D eigenvalue weighted by atomic mass is 32.1. The average molecular weight is 251 g/mol. The van der Waals surface area contributed by atoms with E-state index in [-0.39, 0.29) is 5.91 Å². The molecular formula is C14H21NOS. The number of carbonyl (C=O) groups is 1. The predicted molar refractivity (Wildman–Crippen MR) is 72.7 cm³/mol. The van der Waals surface area contributed by atoms with Crippen LogP contribution in [-0.2, 0) is 6.42 Å². The van der Waals surface area contributed by atoms with E-state index in [4.69, 9.17) is 0 Å². The van der Waals surface area contributed by atoms with Crippen LogP contribution in [0.4, 0.5) is 0 Å². The Morgan fingerprint density at radius 2 is 2.35 bits per heavy atom. The highest BCUT2D eigenvalue weighted by molar-refractivity contribution is 7.14. The van der Waals surface area contributed by atoms with Gasteiger partial charge in [0, 0.05) is 18.0 Å². The maximum Gasteiger partial charge on any atom is 0.263 e. The van der Waals surface area contributed by atoms with E-state index < -0.39 is 0 Å². The van der Waals surface area contributed by atoms with Crippen LogP contribution in [0.2, 0.25) is 0 Å². The maximum atomic E-state index is 12.4. The van der Waals surface area contributed by atoms with Crippen LogP contribution in [-0.4, -0.2) is 23.9 Å². The normalized spacial score (nSPS) is 20.6. The summed E-state index contributed by atoms with van der Waals surface area (Å²) < 4.78 is 0. The van der Waals surface area contributed by atoms with E-state index in [1.54, 1.807) is 11.3 Å². The van der Waals surface area contributed by atoms with Gasteiger partial charge in [-0.3, -0.25) is 4.79 Å². The summed E-state index contributed by atoms with van der Waals surface area (Å²) in [6.07, 6.45) is 3.44. The van der Waals surface area contributed by atoms with E-state index in [0.717, 1.165) is 30.8 Å². The first-order valence-electron chi connectivity index (χ1n) is 6.50. The number of aryl methyl sites for hydroxylation is 2. The predicted octanol–water partition coefficient (Wildman–Crippen LogP) is 3.49. The summed E-state index contributed by atoms with van der Waals surface area (Å²) in [4.78, 5) is 16.7. The summed E-state index contributed by atoms with van der Waals surface area (Å²) in [5.74, 6) is 0.892. The first kappa shape index (κ1) is 12.6. The van der Waals surface area contributed by atoms with Gasteiger partial charge in [-0.05, 0) is 43.7 Å². The van der Waals surface area contributed by atoms with Crippen molar-refractivity contribution in [3.8, 4) is 0 Å². The van der Waals surface area contributed by atoms with Gasteiger partial charge in [-0.15, -0.1) is 11.3 Å². The molecule has 1 fully saturated rings. The summed E-state index contributed by atoms with van der Waals surface area (Å²) in [5.41, 5.74) is 1.27. The van der Waals surface area contributed by atoms with Crippen LogP contribution in [0.25, 0.3) is 0 Å². The molecule has 3 heteroatoms. The molecule has 94 valence electrons. The molecule has 2 heterocycles. The molecule has 1 unspecified atom stereocenters. The number of nitrogens with zero attached hydrogens (tertiary/aromatic N) is 1. The molecule has 1 aliphatic heterocycles. The van der Waals surface area contributed by atoms with Crippen LogP contribution in [0.3, 0.4) is 0 Å². The summed E-state index contributed by atoms with van der Waals surface area (Å²) >= 11 is 1.67. The standard InChI is InChI=1S/C14H21NOS/c1-4-12-11(3)8-13(17-12)14(16)15-7-5-6-10(2)9-15/h8,10H,4-7,9H2,1-3H3. The Morgan fingerprint density at radius 3 is 2.94 bits per heavy atom. The summed E-state index contributed by atoms with van der Waals surface area (Å²) in [7, 11) is 0. The number of thiophene rings is 1. The second-order valence-electron chi connectivity index (χ2n) is 5.07. The third kappa shape index (κ3) is 2.71. The molecule has 1 aromatic heterocycles. The van der Waals surface area contributed by atoms with Crippen LogP contribution in [0, 0.1) is 12.8 Å². The zero-order valence-corrected chi connectivity index (χ0v) is 11.8. The quantitative estimate of drug-likeness (QED) is 0.788. The Bertz CT molecular complexity index is 410. The second-order valence-corrected chi connectivity index (χ2v) is 6.21. The first-order chi connectivity index (χ1) is 8.11. The molecule has 17 heavy (non-hydrogen) atoms. The van der Waals surface area contributed by atoms with Gasteiger partial charge >= 0.3 is 0 Å². The zero-order chi connectivity index (χ0) is 12.4. The van der Waals surface area contributed by atoms with Crippen molar-refractivity contribution in [1.82, 2.24) is 4.90 Å². The molecule has 0 spiro atoms. The van der Waals surface area contributed by atoms with E-state index in [9.17, 15) is 4.79 Å². The molecule has 1 aliphatic rings. The van der Waals surface area contributed by atoms with Crippen molar-refractivity contribution in [3.05, 3.63) is 21.4 Å². The molecule has 0 aromatic carbocycles. The smallest absolute Gasteiger partial charge is 0.263 e. The van der Waals surface area contributed by atoms with Crippen molar-refractivity contribution in [2.24, 2.45) is 5.92 Å². The lowest BCUT2D eigenvalue weighted by Crippen LogP contribution is -2.38. The average Bonchev–Trinajstić information content (AvgIpc) is 2.69. The second kappa shape index (κ2) is 5.21. The van der Waals surface area contributed by atoms with Crippen LogP contribution in [0.1, 0.15) is 46.8 Å². The molecule has 1 amide bonds. The molecular weight excluding hydrogens is 230 g/mol. The van der Waals surface area contributed by atoms with Crippen LogP contribution in [0.5, 0.6) is 0 Å². The summed E-state index contributed by atoms with van der Waals surface area (Å²) in [6, 6.07) is 2.06. The fraction of sp³-hybridized carbons (Fsp3) is 0.643. The van der Waals surface area contributed by atoms with E-state index in [1.165, 1.54) is 16.9 Å². The number of hydrogen-bond acceptors (Lipinski definition) is 2. The van der Waals surface area contributed by atoms with Crippen LogP contribution in [0.15, 0.2) is 6.07 Å². The zero-order valence-electron chi connectivity index (χ0n) is 11.0. The molecule has 0 saturated carbocycles. The van der Waals surface area contributed by atoms with Crippen molar-refractivity contribution >= 4 is 17.2 Å². The lowest BCUT2D eigenvalue weighted by molar-refractivity contribution is 0.0688. The van der Waals surface area contributed by atoms with Gasteiger partial charge in [-0.25, -0.2) is 0 Å². The summed E-state index contributed by atoms with van der Waals surface area (Å²) in [5, 5.41) is 0. The van der Waals surface area contributed by atoms with Crippen LogP contribution >= 0.6 is 11.3 Å². The van der Waals surface area contributed by atoms with Gasteiger partial charge < -0.3 is 4.90 Å². The number of carbonyl (C=O) groups excluding carboxylic acids is 1. The van der Waals surface area contributed by atoms with Gasteiger partial charge in [0.1, 0.15) is 0 Å². The van der Waals surface area contributed by atoms with E-state index in [2.05, 4.69) is 26.8 Å². The lowest BCUT2D eigenvalue weighted by Gasteiger charge is -2.30. The number of rotatable bonds is 2. The first-order valence-corrected chi connectivity index (χ1v) is 7.32. The lowest BCUT2D eigenvalue weighted by atomic mass is 10.0. The maximum absolute atomic E-state index is 12.4. The fourth-order valence-corrected chi connectivity index (χ4v) is 3.59. The van der Waals surface area contributed by atoms with Crippen molar-refractivity contribution in [2.45, 2.75) is 40.0 Å². The largest absolute Gasteiger partial charge is 0.338 e. The summed E-state index contributed by atoms with van der Waals surface area (Å²) in [6.45, 7) is 8.34. The number of amides is 1. The third-order valence-corrected chi connectivity index (χ3v) is 4.87. The monoisotopic (exact) mass is 251 g/mol. The van der Waals surface area contributed by atoms with Gasteiger partial charge in [0.15, 0.2) is 0 Å². The van der Waals surface area contributed by atoms with Gasteiger partial charge in [-0.1, -0.05) is 13.8 Å². The SMILES string of the molecule is CCc1sc(C(=O)N2CCCC(C)C2)cc1C. The highest BCUT2D eigenvalue weighted by Gasteiger charge is 2.23. The minimum absolute atomic E-state index is 0.240. The third-order valence-electron chi connectivity index (χ3n) is 3.50. The minimum atomic E-state index is 0.240. The number of likely N-dealkylation sites (tertiary alicyclic amines) is 1. The molecule has 0 radical (unpaired) electrons. The van der Waals surface area contributed by atoms with Crippen LogP contribution < -0.4 is 0 Å². The van der Waals surface area contributed by atoms with Crippen molar-refractivity contribution in [3.63, 3.8) is 0 Å². The number of piperidine rings is 1. The Kier molecular flexibility index (Phi) is 3.87. The highest BCUT2D eigenvalue weighted by Crippen LogP contribution is 2.25. The van der Waals surface area contributed by atoms with Gasteiger partial charge in [0.05, 0.1) is 4.88 Å². The van der Waals surface area contributed by atoms with E-state index in [1.807, 2.05) is 4.90 Å². The molecule has 0 N–H and O–H groups in total. The molecule has 0 aliphatic carbocycles. The van der Waals surface area contributed by atoms with Gasteiger partial charge in [0.25, 0.3) is 5.91 Å². The van der Waals surface area contributed by atoms with E-state index >= 15 is 0 Å². The van der Waals surface area contributed by atoms with E-state index in [0.29, 0.717) is 5.92 Å². The molecule has 0 bridgehead atoms. The molecule has 2 rings (SSSR count). The Morgan fingerprint density at radius 1 is 1.59 bits per heavy atom. The molecule has 2 nitrogen and oxygen atoms in total. The van der Waals surface area contributed by atoms with Gasteiger partial charge in [0.2, 0.25) is 0 Å². The topological polar surface area (TPSA) is 20.3 Å². The van der Waals surface area contributed by atoms with Crippen molar-refractivity contribution in [2.75, 3.05) is 13.1 Å². The Balaban J connectivity index is 2.13. The molecule has 1 saturated heterocycles. The van der Waals surface area contributed by atoms with Crippen molar-refractivity contribution in [1.29, 1.82) is 0 Å². The van der Waals surface area contributed by atoms with Crippen molar-refractivity contribution < 1.29 is 4.79 Å². The Labute approximate surface area is 108 Å². The number of hydrogen-bond donors (Lipinski definition) is 0.